The van der Waals surface area contributed by atoms with Crippen LogP contribution in [0.15, 0.2) is 24.3 Å². The number of hydrogen-bond donors (Lipinski definition) is 2. The molecule has 3 heteroatoms. The first kappa shape index (κ1) is 12.0. The number of nitrogens with one attached hydrogen (secondary N) is 1. The van der Waals surface area contributed by atoms with Gasteiger partial charge in [-0.3, -0.25) is 5.41 Å². The van der Waals surface area contributed by atoms with Crippen molar-refractivity contribution in [2.75, 3.05) is 11.4 Å². The number of benzene rings is 1. The highest BCUT2D eigenvalue weighted by atomic mass is 15.2. The summed E-state index contributed by atoms with van der Waals surface area (Å²) in [5.74, 6) is 1.01. The first-order chi connectivity index (χ1) is 8.08. The quantitative estimate of drug-likeness (QED) is 0.604. The minimum Gasteiger partial charge on any atom is -0.384 e. The van der Waals surface area contributed by atoms with E-state index in [2.05, 4.69) is 30.9 Å². The predicted octanol–water partition coefficient (Wildman–Crippen LogP) is 2.60. The molecule has 1 aliphatic carbocycles. The Kier molecular flexibility index (Phi) is 3.36. The Bertz CT molecular complexity index is 390. The van der Waals surface area contributed by atoms with Crippen LogP contribution in [0.1, 0.15) is 32.3 Å². The lowest BCUT2D eigenvalue weighted by Crippen LogP contribution is -2.32. The van der Waals surface area contributed by atoms with Gasteiger partial charge in [-0.25, -0.2) is 0 Å². The fourth-order valence-corrected chi connectivity index (χ4v) is 2.03. The molecule has 0 aliphatic heterocycles. The maximum Gasteiger partial charge on any atom is 0.122 e. The van der Waals surface area contributed by atoms with E-state index in [1.54, 1.807) is 0 Å². The second kappa shape index (κ2) is 4.78. The largest absolute Gasteiger partial charge is 0.384 e. The highest BCUT2D eigenvalue weighted by Gasteiger charge is 2.25. The summed E-state index contributed by atoms with van der Waals surface area (Å²) in [7, 11) is 0. The van der Waals surface area contributed by atoms with Gasteiger partial charge in [0.15, 0.2) is 0 Å². The molecule has 0 spiro atoms. The summed E-state index contributed by atoms with van der Waals surface area (Å²) in [6.07, 6.45) is 2.74. The summed E-state index contributed by atoms with van der Waals surface area (Å²) in [6.45, 7) is 5.60. The van der Waals surface area contributed by atoms with Crippen molar-refractivity contribution in [1.82, 2.24) is 0 Å². The van der Waals surface area contributed by atoms with Gasteiger partial charge in [-0.1, -0.05) is 0 Å². The average molecular weight is 231 g/mol. The van der Waals surface area contributed by atoms with Gasteiger partial charge in [0.05, 0.1) is 0 Å². The normalized spacial score (nSPS) is 15.0. The van der Waals surface area contributed by atoms with Crippen molar-refractivity contribution in [3.8, 4) is 0 Å². The second-order valence-corrected chi connectivity index (χ2v) is 5.15. The van der Waals surface area contributed by atoms with Gasteiger partial charge in [0.25, 0.3) is 0 Å². The van der Waals surface area contributed by atoms with Gasteiger partial charge in [-0.15, -0.1) is 0 Å². The van der Waals surface area contributed by atoms with E-state index < -0.39 is 0 Å². The molecule has 92 valence electrons. The SMILES string of the molecule is CC(C)N(CC1CC1)c1ccc(C(=N)N)cc1. The molecule has 0 bridgehead atoms. The molecular formula is C14H21N3. The van der Waals surface area contributed by atoms with E-state index in [9.17, 15) is 0 Å². The van der Waals surface area contributed by atoms with Crippen molar-refractivity contribution in [2.24, 2.45) is 11.7 Å². The lowest BCUT2D eigenvalue weighted by Gasteiger charge is -2.29. The zero-order chi connectivity index (χ0) is 12.4. The minimum atomic E-state index is 0.134. The number of nitrogen functional groups attached to an aromatic ring is 1. The molecule has 0 unspecified atom stereocenters. The van der Waals surface area contributed by atoms with Gasteiger partial charge in [0, 0.05) is 23.8 Å². The molecule has 1 saturated carbocycles. The summed E-state index contributed by atoms with van der Waals surface area (Å²) in [5, 5.41) is 7.38. The fraction of sp³-hybridized carbons (Fsp3) is 0.500. The number of hydrogen-bond acceptors (Lipinski definition) is 2. The van der Waals surface area contributed by atoms with E-state index in [4.69, 9.17) is 11.1 Å². The van der Waals surface area contributed by atoms with Gasteiger partial charge in [-0.2, -0.15) is 0 Å². The smallest absolute Gasteiger partial charge is 0.122 e. The lowest BCUT2D eigenvalue weighted by molar-refractivity contribution is 0.645. The van der Waals surface area contributed by atoms with Crippen LogP contribution in [0.4, 0.5) is 5.69 Å². The monoisotopic (exact) mass is 231 g/mol. The van der Waals surface area contributed by atoms with Crippen LogP contribution in [-0.4, -0.2) is 18.4 Å². The molecule has 2 rings (SSSR count). The third-order valence-corrected chi connectivity index (χ3v) is 3.29. The standard InChI is InChI=1S/C14H21N3/c1-10(2)17(9-11-3-4-11)13-7-5-12(6-8-13)14(15)16/h5-8,10-11H,3-4,9H2,1-2H3,(H3,15,16). The van der Waals surface area contributed by atoms with Crippen molar-refractivity contribution in [2.45, 2.75) is 32.7 Å². The molecule has 0 atom stereocenters. The molecule has 0 amide bonds. The van der Waals surface area contributed by atoms with Crippen molar-refractivity contribution < 1.29 is 0 Å². The van der Waals surface area contributed by atoms with E-state index >= 15 is 0 Å². The first-order valence-corrected chi connectivity index (χ1v) is 6.29. The Morgan fingerprint density at radius 2 is 1.94 bits per heavy atom. The summed E-state index contributed by atoms with van der Waals surface area (Å²) >= 11 is 0. The number of nitrogens with zero attached hydrogens (tertiary/aromatic N) is 1. The van der Waals surface area contributed by atoms with Crippen molar-refractivity contribution in [3.63, 3.8) is 0 Å². The van der Waals surface area contributed by atoms with E-state index in [-0.39, 0.29) is 5.84 Å². The highest BCUT2D eigenvalue weighted by Crippen LogP contribution is 2.32. The molecule has 0 heterocycles. The fourth-order valence-electron chi connectivity index (χ4n) is 2.03. The van der Waals surface area contributed by atoms with E-state index in [0.29, 0.717) is 6.04 Å². The number of anilines is 1. The van der Waals surface area contributed by atoms with E-state index in [1.165, 1.54) is 18.5 Å². The summed E-state index contributed by atoms with van der Waals surface area (Å²) in [4.78, 5) is 2.43. The van der Waals surface area contributed by atoms with Crippen LogP contribution in [-0.2, 0) is 0 Å². The van der Waals surface area contributed by atoms with Crippen LogP contribution in [0, 0.1) is 11.3 Å². The van der Waals surface area contributed by atoms with Crippen LogP contribution in [0.5, 0.6) is 0 Å². The average Bonchev–Trinajstić information content (AvgIpc) is 3.09. The molecule has 0 saturated heterocycles. The van der Waals surface area contributed by atoms with Gasteiger partial charge in [0.2, 0.25) is 0 Å². The molecule has 1 aromatic carbocycles. The van der Waals surface area contributed by atoms with E-state index in [1.807, 2.05) is 12.1 Å². The maximum absolute atomic E-state index is 7.38. The minimum absolute atomic E-state index is 0.134. The highest BCUT2D eigenvalue weighted by molar-refractivity contribution is 5.95. The van der Waals surface area contributed by atoms with Gasteiger partial charge < -0.3 is 10.6 Å². The molecule has 3 N–H and O–H groups in total. The van der Waals surface area contributed by atoms with Crippen LogP contribution < -0.4 is 10.6 Å². The summed E-state index contributed by atoms with van der Waals surface area (Å²) in [5.41, 5.74) is 7.49. The van der Waals surface area contributed by atoms with Crippen molar-refractivity contribution in [1.29, 1.82) is 5.41 Å². The van der Waals surface area contributed by atoms with Crippen molar-refractivity contribution in [3.05, 3.63) is 29.8 Å². The molecule has 17 heavy (non-hydrogen) atoms. The number of rotatable bonds is 5. The van der Waals surface area contributed by atoms with Crippen LogP contribution in [0.3, 0.4) is 0 Å². The Labute approximate surface area is 103 Å². The zero-order valence-electron chi connectivity index (χ0n) is 10.6. The van der Waals surface area contributed by atoms with Crippen LogP contribution >= 0.6 is 0 Å². The van der Waals surface area contributed by atoms with Gasteiger partial charge >= 0.3 is 0 Å². The predicted molar refractivity (Wildman–Crippen MR) is 72.7 cm³/mol. The Balaban J connectivity index is 2.14. The van der Waals surface area contributed by atoms with Crippen LogP contribution in [0.2, 0.25) is 0 Å². The first-order valence-electron chi connectivity index (χ1n) is 6.29. The van der Waals surface area contributed by atoms with Gasteiger partial charge in [-0.05, 0) is 56.9 Å². The molecule has 3 nitrogen and oxygen atoms in total. The molecule has 1 fully saturated rings. The molecular weight excluding hydrogens is 210 g/mol. The summed E-state index contributed by atoms with van der Waals surface area (Å²) < 4.78 is 0. The Morgan fingerprint density at radius 3 is 2.35 bits per heavy atom. The maximum atomic E-state index is 7.38. The second-order valence-electron chi connectivity index (χ2n) is 5.15. The third-order valence-electron chi connectivity index (χ3n) is 3.29. The molecule has 0 aromatic heterocycles. The lowest BCUT2D eigenvalue weighted by atomic mass is 10.1. The third kappa shape index (κ3) is 2.99. The molecule has 0 radical (unpaired) electrons. The Morgan fingerprint density at radius 1 is 1.35 bits per heavy atom. The topological polar surface area (TPSA) is 53.1 Å². The number of nitrogens with two attached hydrogens (primary N) is 1. The molecule has 1 aliphatic rings. The summed E-state index contributed by atoms with van der Waals surface area (Å²) in [6, 6.07) is 8.51. The number of amidine groups is 1. The van der Waals surface area contributed by atoms with E-state index in [0.717, 1.165) is 18.0 Å². The van der Waals surface area contributed by atoms with Crippen molar-refractivity contribution >= 4 is 11.5 Å². The van der Waals surface area contributed by atoms with Crippen LogP contribution in [0.25, 0.3) is 0 Å². The van der Waals surface area contributed by atoms with Gasteiger partial charge in [0.1, 0.15) is 5.84 Å². The molecule has 1 aromatic rings. The Hall–Kier alpha value is -1.51. The zero-order valence-corrected chi connectivity index (χ0v) is 10.6.